The predicted octanol–water partition coefficient (Wildman–Crippen LogP) is 3.30. The second-order valence-electron chi connectivity index (χ2n) is 3.68. The van der Waals surface area contributed by atoms with Crippen molar-refractivity contribution >= 4 is 17.4 Å². The lowest BCUT2D eigenvalue weighted by atomic mass is 10.2. The Balaban J connectivity index is 2.06. The van der Waals surface area contributed by atoms with Crippen LogP contribution in [0.3, 0.4) is 0 Å². The van der Waals surface area contributed by atoms with Gasteiger partial charge in [-0.3, -0.25) is 0 Å². The molecule has 0 atom stereocenters. The fourth-order valence-electron chi connectivity index (χ4n) is 1.50. The fraction of sp³-hybridized carbons (Fsp3) is 0.231. The van der Waals surface area contributed by atoms with E-state index in [4.69, 9.17) is 11.6 Å². The first-order valence-corrected chi connectivity index (χ1v) is 5.97. The molecule has 2 rings (SSSR count). The first-order valence-electron chi connectivity index (χ1n) is 5.59. The Morgan fingerprint density at radius 3 is 2.65 bits per heavy atom. The number of benzene rings is 1. The second kappa shape index (κ2) is 5.64. The largest absolute Gasteiger partial charge is 0.366 e. The lowest BCUT2D eigenvalue weighted by Gasteiger charge is -2.07. The van der Waals surface area contributed by atoms with Crippen LogP contribution in [0.2, 0.25) is 5.15 Å². The van der Waals surface area contributed by atoms with Crippen molar-refractivity contribution < 1.29 is 0 Å². The highest BCUT2D eigenvalue weighted by Gasteiger charge is 2.01. The molecule has 0 aliphatic carbocycles. The van der Waals surface area contributed by atoms with Gasteiger partial charge in [0.15, 0.2) is 0 Å². The molecular weight excluding hydrogens is 234 g/mol. The van der Waals surface area contributed by atoms with E-state index in [1.54, 1.807) is 6.07 Å². The van der Waals surface area contributed by atoms with Crippen molar-refractivity contribution in [1.82, 2.24) is 9.97 Å². The lowest BCUT2D eigenvalue weighted by molar-refractivity contribution is 0.933. The fourth-order valence-corrected chi connectivity index (χ4v) is 1.70. The van der Waals surface area contributed by atoms with Crippen molar-refractivity contribution in [2.24, 2.45) is 0 Å². The Kier molecular flexibility index (Phi) is 3.94. The van der Waals surface area contributed by atoms with Crippen molar-refractivity contribution in [2.45, 2.75) is 19.9 Å². The number of halogens is 1. The summed E-state index contributed by atoms with van der Waals surface area (Å²) in [5, 5.41) is 3.72. The minimum Gasteiger partial charge on any atom is -0.366 e. The van der Waals surface area contributed by atoms with Crippen LogP contribution < -0.4 is 5.32 Å². The third-order valence-corrected chi connectivity index (χ3v) is 2.57. The van der Waals surface area contributed by atoms with Crippen molar-refractivity contribution in [3.63, 3.8) is 0 Å². The van der Waals surface area contributed by atoms with Gasteiger partial charge >= 0.3 is 0 Å². The summed E-state index contributed by atoms with van der Waals surface area (Å²) < 4.78 is 0. The third kappa shape index (κ3) is 3.43. The molecule has 0 saturated heterocycles. The molecule has 17 heavy (non-hydrogen) atoms. The van der Waals surface area contributed by atoms with Gasteiger partial charge in [0.25, 0.3) is 0 Å². The van der Waals surface area contributed by atoms with Crippen LogP contribution in [0.15, 0.2) is 36.4 Å². The SMILES string of the molecule is CCc1nc(Cl)cc(NCc2ccccc2)n1. The highest BCUT2D eigenvalue weighted by Crippen LogP contribution is 2.13. The smallest absolute Gasteiger partial charge is 0.134 e. The average Bonchev–Trinajstić information content (AvgIpc) is 2.37. The maximum absolute atomic E-state index is 5.92. The summed E-state index contributed by atoms with van der Waals surface area (Å²) in [4.78, 5) is 8.48. The molecule has 4 heteroatoms. The average molecular weight is 248 g/mol. The molecule has 1 heterocycles. The highest BCUT2D eigenvalue weighted by atomic mass is 35.5. The molecule has 0 radical (unpaired) electrons. The lowest BCUT2D eigenvalue weighted by Crippen LogP contribution is -2.04. The number of nitrogens with one attached hydrogen (secondary N) is 1. The van der Waals surface area contributed by atoms with Crippen LogP contribution in [0, 0.1) is 0 Å². The van der Waals surface area contributed by atoms with Crippen LogP contribution in [0.25, 0.3) is 0 Å². The van der Waals surface area contributed by atoms with Gasteiger partial charge in [-0.05, 0) is 5.56 Å². The summed E-state index contributed by atoms with van der Waals surface area (Å²) in [5.41, 5.74) is 1.21. The molecule has 0 fully saturated rings. The van der Waals surface area contributed by atoms with Crippen LogP contribution in [0.5, 0.6) is 0 Å². The van der Waals surface area contributed by atoms with Crippen LogP contribution in [-0.2, 0) is 13.0 Å². The van der Waals surface area contributed by atoms with Gasteiger partial charge in [-0.1, -0.05) is 48.9 Å². The number of aryl methyl sites for hydroxylation is 1. The molecule has 0 saturated carbocycles. The van der Waals surface area contributed by atoms with Crippen LogP contribution >= 0.6 is 11.6 Å². The molecule has 2 aromatic rings. The molecule has 88 valence electrons. The van der Waals surface area contributed by atoms with E-state index in [1.165, 1.54) is 5.56 Å². The summed E-state index contributed by atoms with van der Waals surface area (Å²) in [5.74, 6) is 1.53. The van der Waals surface area contributed by atoms with Crippen LogP contribution in [0.1, 0.15) is 18.3 Å². The zero-order valence-electron chi connectivity index (χ0n) is 9.65. The molecule has 1 N–H and O–H groups in total. The Morgan fingerprint density at radius 1 is 1.18 bits per heavy atom. The molecule has 0 aliphatic heterocycles. The summed E-state index contributed by atoms with van der Waals surface area (Å²) in [7, 11) is 0. The molecule has 1 aromatic heterocycles. The van der Waals surface area contributed by atoms with Crippen molar-refractivity contribution in [3.8, 4) is 0 Å². The number of aromatic nitrogens is 2. The summed E-state index contributed by atoms with van der Waals surface area (Å²) in [6.07, 6.45) is 0.778. The van der Waals surface area contributed by atoms with Gasteiger partial charge in [0.05, 0.1) is 0 Å². The Bertz CT molecular complexity index is 485. The van der Waals surface area contributed by atoms with Gasteiger partial charge in [-0.15, -0.1) is 0 Å². The Labute approximate surface area is 106 Å². The zero-order valence-corrected chi connectivity index (χ0v) is 10.4. The molecule has 3 nitrogen and oxygen atoms in total. The van der Waals surface area contributed by atoms with Crippen LogP contribution in [-0.4, -0.2) is 9.97 Å². The van der Waals surface area contributed by atoms with Crippen molar-refractivity contribution in [1.29, 1.82) is 0 Å². The number of hydrogen-bond donors (Lipinski definition) is 1. The number of rotatable bonds is 4. The van der Waals surface area contributed by atoms with E-state index in [2.05, 4.69) is 27.4 Å². The first-order chi connectivity index (χ1) is 8.28. The maximum atomic E-state index is 5.92. The molecule has 0 amide bonds. The van der Waals surface area contributed by atoms with Gasteiger partial charge in [0.2, 0.25) is 0 Å². The van der Waals surface area contributed by atoms with Crippen molar-refractivity contribution in [3.05, 3.63) is 52.9 Å². The van der Waals surface area contributed by atoms with E-state index < -0.39 is 0 Å². The minimum absolute atomic E-state index is 0.479. The summed E-state index contributed by atoms with van der Waals surface area (Å²) in [6.45, 7) is 2.74. The van der Waals surface area contributed by atoms with E-state index in [0.29, 0.717) is 5.15 Å². The van der Waals surface area contributed by atoms with Gasteiger partial charge in [-0.2, -0.15) is 0 Å². The molecule has 0 bridgehead atoms. The minimum atomic E-state index is 0.479. The topological polar surface area (TPSA) is 37.8 Å². The molecule has 0 aliphatic rings. The summed E-state index contributed by atoms with van der Waals surface area (Å²) in [6, 6.07) is 11.9. The third-order valence-electron chi connectivity index (χ3n) is 2.37. The monoisotopic (exact) mass is 247 g/mol. The zero-order chi connectivity index (χ0) is 12.1. The van der Waals surface area contributed by atoms with Gasteiger partial charge in [-0.25, -0.2) is 9.97 Å². The number of nitrogens with zero attached hydrogens (tertiary/aromatic N) is 2. The molecule has 1 aromatic carbocycles. The van der Waals surface area contributed by atoms with Gasteiger partial charge in [0.1, 0.15) is 16.8 Å². The van der Waals surface area contributed by atoms with E-state index >= 15 is 0 Å². The van der Waals surface area contributed by atoms with Crippen molar-refractivity contribution in [2.75, 3.05) is 5.32 Å². The number of anilines is 1. The van der Waals surface area contributed by atoms with E-state index in [9.17, 15) is 0 Å². The predicted molar refractivity (Wildman–Crippen MR) is 70.2 cm³/mol. The van der Waals surface area contributed by atoms with E-state index in [-0.39, 0.29) is 0 Å². The maximum Gasteiger partial charge on any atom is 0.134 e. The first kappa shape index (κ1) is 11.9. The molecule has 0 unspecified atom stereocenters. The Morgan fingerprint density at radius 2 is 1.94 bits per heavy atom. The normalized spacial score (nSPS) is 10.2. The molecule has 0 spiro atoms. The van der Waals surface area contributed by atoms with Gasteiger partial charge < -0.3 is 5.32 Å². The Hall–Kier alpha value is -1.61. The van der Waals surface area contributed by atoms with Crippen LogP contribution in [0.4, 0.5) is 5.82 Å². The highest BCUT2D eigenvalue weighted by molar-refractivity contribution is 6.29. The van der Waals surface area contributed by atoms with E-state index in [1.807, 2.05) is 25.1 Å². The van der Waals surface area contributed by atoms with E-state index in [0.717, 1.165) is 24.6 Å². The number of hydrogen-bond acceptors (Lipinski definition) is 3. The molecular formula is C13H14ClN3. The standard InChI is InChI=1S/C13H14ClN3/c1-2-12-16-11(14)8-13(17-12)15-9-10-6-4-3-5-7-10/h3-8H,2,9H2,1H3,(H,15,16,17). The van der Waals surface area contributed by atoms with Gasteiger partial charge in [0, 0.05) is 19.0 Å². The quantitative estimate of drug-likeness (QED) is 0.843. The summed E-state index contributed by atoms with van der Waals surface area (Å²) >= 11 is 5.92. The second-order valence-corrected chi connectivity index (χ2v) is 4.07.